The minimum absolute atomic E-state index is 0.00159. The van der Waals surface area contributed by atoms with Gasteiger partial charge < -0.3 is 18.8 Å². The number of alkyl halides is 2. The summed E-state index contributed by atoms with van der Waals surface area (Å²) in [6, 6.07) is 4.50. The zero-order valence-corrected chi connectivity index (χ0v) is 19.8. The van der Waals surface area contributed by atoms with Crippen molar-refractivity contribution in [1.29, 1.82) is 0 Å². The van der Waals surface area contributed by atoms with Crippen LogP contribution in [0.5, 0.6) is 11.5 Å². The van der Waals surface area contributed by atoms with Crippen LogP contribution in [0, 0.1) is 11.8 Å². The zero-order chi connectivity index (χ0) is 23.5. The molecule has 1 saturated carbocycles. The molecule has 0 spiro atoms. The van der Waals surface area contributed by atoms with Gasteiger partial charge in [-0.1, -0.05) is 4.40 Å². The molecular formula is C23H31F2NO5S. The van der Waals surface area contributed by atoms with Gasteiger partial charge >= 0.3 is 12.6 Å². The van der Waals surface area contributed by atoms with Gasteiger partial charge in [-0.3, -0.25) is 4.79 Å². The summed E-state index contributed by atoms with van der Waals surface area (Å²) in [7, 11) is 0. The lowest BCUT2D eigenvalue weighted by atomic mass is 9.77. The molecule has 0 N–H and O–H groups in total. The third-order valence-corrected chi connectivity index (χ3v) is 7.23. The van der Waals surface area contributed by atoms with Crippen molar-refractivity contribution in [3.05, 3.63) is 23.8 Å². The van der Waals surface area contributed by atoms with Gasteiger partial charge in [0.2, 0.25) is 0 Å². The van der Waals surface area contributed by atoms with Crippen molar-refractivity contribution in [1.82, 2.24) is 0 Å². The predicted molar refractivity (Wildman–Crippen MR) is 119 cm³/mol. The largest absolute Gasteiger partial charge is 0.591 e. The molecule has 3 rings (SSSR count). The monoisotopic (exact) mass is 471 g/mol. The van der Waals surface area contributed by atoms with Crippen LogP contribution in [0.3, 0.4) is 0 Å². The van der Waals surface area contributed by atoms with Crippen LogP contribution in [-0.2, 0) is 20.9 Å². The van der Waals surface area contributed by atoms with Crippen LogP contribution in [0.1, 0.15) is 65.4 Å². The Labute approximate surface area is 191 Å². The molecule has 9 heteroatoms. The molecule has 178 valence electrons. The van der Waals surface area contributed by atoms with Crippen molar-refractivity contribution >= 4 is 23.0 Å². The molecule has 1 heterocycles. The van der Waals surface area contributed by atoms with Crippen molar-refractivity contribution in [2.75, 3.05) is 6.61 Å². The van der Waals surface area contributed by atoms with E-state index in [0.29, 0.717) is 42.9 Å². The molecule has 6 nitrogen and oxygen atoms in total. The summed E-state index contributed by atoms with van der Waals surface area (Å²) in [5, 5.41) is 0. The van der Waals surface area contributed by atoms with Crippen LogP contribution in [0.4, 0.5) is 8.78 Å². The first-order valence-electron chi connectivity index (χ1n) is 11.0. The Kier molecular flexibility index (Phi) is 8.03. The van der Waals surface area contributed by atoms with E-state index in [9.17, 15) is 18.1 Å². The minimum Gasteiger partial charge on any atom is -0.591 e. The highest BCUT2D eigenvalue weighted by atomic mass is 32.2. The first-order valence-corrected chi connectivity index (χ1v) is 12.1. The first-order chi connectivity index (χ1) is 15.1. The van der Waals surface area contributed by atoms with Gasteiger partial charge in [0.1, 0.15) is 39.4 Å². The second-order valence-electron chi connectivity index (χ2n) is 9.16. The maximum absolute atomic E-state index is 12.7. The molecule has 0 radical (unpaired) electrons. The van der Waals surface area contributed by atoms with Gasteiger partial charge in [0.15, 0.2) is 0 Å². The molecular weight excluding hydrogens is 440 g/mol. The molecule has 0 amide bonds. The van der Waals surface area contributed by atoms with Crippen molar-refractivity contribution in [3.8, 4) is 11.5 Å². The summed E-state index contributed by atoms with van der Waals surface area (Å²) in [5.74, 6) is 0.312. The molecule has 1 aliphatic heterocycles. The summed E-state index contributed by atoms with van der Waals surface area (Å²) < 4.78 is 58.0. The normalized spacial score (nSPS) is 25.8. The smallest absolute Gasteiger partial charge is 0.387 e. The van der Waals surface area contributed by atoms with E-state index in [4.69, 9.17) is 9.47 Å². The van der Waals surface area contributed by atoms with Crippen LogP contribution >= 0.6 is 0 Å². The number of rotatable bonds is 6. The standard InChI is InChI=1S/C23H31F2NO5S/c1-5-29-21(27)15-8-6-14(7-9-15)19-13-18(26-32(28)23(2,3)4)17-11-10-16(30-22(24)25)12-20(17)31-19/h10-12,14-15,19,22H,5-9,13H2,1-4H3/t14?,15?,19-,32?/m0/s1. The van der Waals surface area contributed by atoms with E-state index < -0.39 is 22.7 Å². The van der Waals surface area contributed by atoms with Crippen LogP contribution in [0.2, 0.25) is 0 Å². The quantitative estimate of drug-likeness (QED) is 0.428. The van der Waals surface area contributed by atoms with Gasteiger partial charge in [0.05, 0.1) is 12.5 Å². The molecule has 2 atom stereocenters. The third kappa shape index (κ3) is 6.13. The SMILES string of the molecule is CCOC(=O)C1CCC([C@@H]2CC(=N[S+]([O-])C(C)(C)C)c3ccc(OC(F)F)cc3O2)CC1. The number of nitrogens with zero attached hydrogens (tertiary/aromatic N) is 1. The van der Waals surface area contributed by atoms with E-state index in [1.807, 2.05) is 20.8 Å². The number of halogens is 2. The summed E-state index contributed by atoms with van der Waals surface area (Å²) in [6.07, 6.45) is 3.22. The molecule has 1 aromatic carbocycles. The maximum Gasteiger partial charge on any atom is 0.387 e. The number of esters is 1. The van der Waals surface area contributed by atoms with Crippen molar-refractivity contribution in [2.45, 2.75) is 77.3 Å². The summed E-state index contributed by atoms with van der Waals surface area (Å²) in [4.78, 5) is 12.1. The Balaban J connectivity index is 1.83. The predicted octanol–water partition coefficient (Wildman–Crippen LogP) is 5.06. The lowest BCUT2D eigenvalue weighted by molar-refractivity contribution is -0.149. The molecule has 1 fully saturated rings. The fourth-order valence-corrected chi connectivity index (χ4v) is 4.74. The third-order valence-electron chi connectivity index (χ3n) is 5.80. The topological polar surface area (TPSA) is 80.2 Å². The second-order valence-corrected chi connectivity index (χ2v) is 11.1. The fraction of sp³-hybridized carbons (Fsp3) is 0.652. The Morgan fingerprint density at radius 3 is 2.56 bits per heavy atom. The molecule has 1 unspecified atom stereocenters. The lowest BCUT2D eigenvalue weighted by Crippen LogP contribution is -2.38. The number of carbonyl (C=O) groups is 1. The zero-order valence-electron chi connectivity index (χ0n) is 18.9. The van der Waals surface area contributed by atoms with Crippen LogP contribution < -0.4 is 9.47 Å². The first kappa shape index (κ1) is 24.8. The summed E-state index contributed by atoms with van der Waals surface area (Å²) in [6.45, 7) is 4.77. The highest BCUT2D eigenvalue weighted by Crippen LogP contribution is 2.40. The van der Waals surface area contributed by atoms with Crippen molar-refractivity contribution in [3.63, 3.8) is 0 Å². The van der Waals surface area contributed by atoms with Gasteiger partial charge in [-0.2, -0.15) is 8.78 Å². The number of fused-ring (bicyclic) bond motifs is 1. The molecule has 0 saturated heterocycles. The Morgan fingerprint density at radius 2 is 1.97 bits per heavy atom. The van der Waals surface area contributed by atoms with E-state index in [2.05, 4.69) is 9.13 Å². The Morgan fingerprint density at radius 1 is 1.28 bits per heavy atom. The highest BCUT2D eigenvalue weighted by molar-refractivity contribution is 7.91. The van der Waals surface area contributed by atoms with Gasteiger partial charge in [-0.15, -0.1) is 0 Å². The van der Waals surface area contributed by atoms with E-state index in [-0.39, 0.29) is 29.7 Å². The molecule has 2 aliphatic rings. The van der Waals surface area contributed by atoms with Crippen molar-refractivity contribution in [2.24, 2.45) is 16.2 Å². The molecule has 1 aliphatic carbocycles. The Bertz CT molecular complexity index is 834. The lowest BCUT2D eigenvalue weighted by Gasteiger charge is -2.36. The average Bonchev–Trinajstić information content (AvgIpc) is 2.72. The van der Waals surface area contributed by atoms with Gasteiger partial charge in [-0.05, 0) is 71.4 Å². The van der Waals surface area contributed by atoms with Gasteiger partial charge in [0.25, 0.3) is 0 Å². The molecule has 32 heavy (non-hydrogen) atoms. The van der Waals surface area contributed by atoms with E-state index >= 15 is 0 Å². The summed E-state index contributed by atoms with van der Waals surface area (Å²) >= 11 is -1.47. The number of hydrogen-bond acceptors (Lipinski definition) is 6. The van der Waals surface area contributed by atoms with Gasteiger partial charge in [0, 0.05) is 18.1 Å². The highest BCUT2D eigenvalue weighted by Gasteiger charge is 2.38. The van der Waals surface area contributed by atoms with Gasteiger partial charge in [-0.25, -0.2) is 0 Å². The van der Waals surface area contributed by atoms with Crippen LogP contribution in [0.15, 0.2) is 22.6 Å². The van der Waals surface area contributed by atoms with E-state index in [1.165, 1.54) is 12.1 Å². The average molecular weight is 472 g/mol. The number of hydrogen-bond donors (Lipinski definition) is 0. The van der Waals surface area contributed by atoms with Crippen LogP contribution in [-0.4, -0.2) is 40.3 Å². The fourth-order valence-electron chi connectivity index (χ4n) is 4.09. The number of ether oxygens (including phenoxy) is 3. The summed E-state index contributed by atoms with van der Waals surface area (Å²) in [5.41, 5.74) is 1.28. The van der Waals surface area contributed by atoms with Crippen LogP contribution in [0.25, 0.3) is 0 Å². The van der Waals surface area contributed by atoms with E-state index in [1.54, 1.807) is 13.0 Å². The van der Waals surface area contributed by atoms with E-state index in [0.717, 1.165) is 12.8 Å². The maximum atomic E-state index is 12.7. The molecule has 0 aromatic heterocycles. The second kappa shape index (κ2) is 10.4. The Hall–Kier alpha value is -1.87. The minimum atomic E-state index is -2.94. The number of carbonyl (C=O) groups excluding carboxylic acids is 1. The molecule has 1 aromatic rings. The molecule has 0 bridgehead atoms. The number of benzene rings is 1. The van der Waals surface area contributed by atoms with Crippen molar-refractivity contribution < 1.29 is 32.3 Å².